The molecule has 2 aliphatic rings. The molecule has 0 amide bonds. The van der Waals surface area contributed by atoms with Crippen molar-refractivity contribution in [1.29, 1.82) is 0 Å². The molecule has 1 saturated heterocycles. The van der Waals surface area contributed by atoms with E-state index in [2.05, 4.69) is 32.1 Å². The molecule has 1 aliphatic heterocycles. The van der Waals surface area contributed by atoms with Gasteiger partial charge in [0.25, 0.3) is 0 Å². The molecule has 19 heavy (non-hydrogen) atoms. The minimum absolute atomic E-state index is 0.266. The second kappa shape index (κ2) is 5.16. The summed E-state index contributed by atoms with van der Waals surface area (Å²) in [6.07, 6.45) is 2.57. The van der Waals surface area contributed by atoms with Crippen molar-refractivity contribution in [1.82, 2.24) is 15.0 Å². The molecule has 1 saturated carbocycles. The lowest BCUT2D eigenvalue weighted by Gasteiger charge is -2.27. The Kier molecular flexibility index (Phi) is 3.37. The number of nitrogen functional groups attached to an aromatic ring is 1. The van der Waals surface area contributed by atoms with Gasteiger partial charge in [-0.3, -0.25) is 0 Å². The van der Waals surface area contributed by atoms with Crippen LogP contribution in [0.4, 0.5) is 17.8 Å². The largest absolute Gasteiger partial charge is 0.378 e. The smallest absolute Gasteiger partial charge is 0.232 e. The minimum Gasteiger partial charge on any atom is -0.378 e. The summed E-state index contributed by atoms with van der Waals surface area (Å²) in [4.78, 5) is 14.9. The van der Waals surface area contributed by atoms with Crippen LogP contribution in [-0.4, -0.2) is 47.3 Å². The van der Waals surface area contributed by atoms with Crippen molar-refractivity contribution in [3.63, 3.8) is 0 Å². The summed E-state index contributed by atoms with van der Waals surface area (Å²) in [5.41, 5.74) is 5.77. The summed E-state index contributed by atoms with van der Waals surface area (Å²) in [6.45, 7) is 5.15. The molecule has 1 aliphatic carbocycles. The van der Waals surface area contributed by atoms with Crippen molar-refractivity contribution >= 4 is 17.8 Å². The Balaban J connectivity index is 1.74. The van der Waals surface area contributed by atoms with Crippen molar-refractivity contribution in [2.24, 2.45) is 5.92 Å². The third kappa shape index (κ3) is 3.04. The lowest BCUT2D eigenvalue weighted by atomic mass is 10.2. The fourth-order valence-corrected chi connectivity index (χ4v) is 2.27. The number of anilines is 3. The van der Waals surface area contributed by atoms with Gasteiger partial charge in [-0.1, -0.05) is 0 Å². The van der Waals surface area contributed by atoms with E-state index in [0.29, 0.717) is 31.2 Å². The van der Waals surface area contributed by atoms with Gasteiger partial charge in [-0.15, -0.1) is 0 Å². The van der Waals surface area contributed by atoms with E-state index in [4.69, 9.17) is 10.5 Å². The molecule has 3 N–H and O–H groups in total. The van der Waals surface area contributed by atoms with Gasteiger partial charge in [0, 0.05) is 19.1 Å². The molecule has 7 nitrogen and oxygen atoms in total. The van der Waals surface area contributed by atoms with Crippen LogP contribution in [0.15, 0.2) is 0 Å². The molecule has 1 unspecified atom stereocenters. The summed E-state index contributed by atoms with van der Waals surface area (Å²) in [7, 11) is 0. The maximum atomic E-state index is 5.77. The minimum atomic E-state index is 0.266. The molecule has 2 heterocycles. The van der Waals surface area contributed by atoms with E-state index >= 15 is 0 Å². The van der Waals surface area contributed by atoms with Gasteiger partial charge in [-0.25, -0.2) is 0 Å². The highest BCUT2D eigenvalue weighted by Gasteiger charge is 2.28. The Bertz CT molecular complexity index is 444. The van der Waals surface area contributed by atoms with Gasteiger partial charge in [0.05, 0.1) is 13.2 Å². The molecule has 1 aromatic rings. The molecule has 0 radical (unpaired) electrons. The molecular weight excluding hydrogens is 244 g/mol. The van der Waals surface area contributed by atoms with Gasteiger partial charge < -0.3 is 20.7 Å². The lowest BCUT2D eigenvalue weighted by Crippen LogP contribution is -2.37. The van der Waals surface area contributed by atoms with Crippen LogP contribution < -0.4 is 16.0 Å². The fraction of sp³-hybridized carbons (Fsp3) is 0.750. The number of nitrogens with zero attached hydrogens (tertiary/aromatic N) is 4. The van der Waals surface area contributed by atoms with Crippen molar-refractivity contribution in [2.45, 2.75) is 25.8 Å². The quantitative estimate of drug-likeness (QED) is 0.818. The monoisotopic (exact) mass is 264 g/mol. The van der Waals surface area contributed by atoms with E-state index in [-0.39, 0.29) is 5.95 Å². The number of nitrogens with one attached hydrogen (secondary N) is 1. The van der Waals surface area contributed by atoms with Crippen LogP contribution in [-0.2, 0) is 4.74 Å². The zero-order valence-electron chi connectivity index (χ0n) is 11.2. The number of hydrogen-bond acceptors (Lipinski definition) is 7. The molecule has 3 rings (SSSR count). The predicted octanol–water partition coefficient (Wildman–Crippen LogP) is 0.501. The third-order valence-corrected chi connectivity index (χ3v) is 3.62. The highest BCUT2D eigenvalue weighted by molar-refractivity contribution is 5.42. The molecule has 7 heteroatoms. The molecule has 1 atom stereocenters. The summed E-state index contributed by atoms with van der Waals surface area (Å²) in [6, 6.07) is 0.388. The van der Waals surface area contributed by atoms with E-state index in [1.54, 1.807) is 0 Å². The molecular formula is C12H20N6O. The van der Waals surface area contributed by atoms with Gasteiger partial charge in [0.1, 0.15) is 0 Å². The van der Waals surface area contributed by atoms with E-state index in [1.807, 2.05) is 0 Å². The lowest BCUT2D eigenvalue weighted by molar-refractivity contribution is 0.122. The van der Waals surface area contributed by atoms with Crippen molar-refractivity contribution in [3.8, 4) is 0 Å². The van der Waals surface area contributed by atoms with Crippen molar-refractivity contribution in [3.05, 3.63) is 0 Å². The zero-order valence-corrected chi connectivity index (χ0v) is 11.2. The molecule has 0 spiro atoms. The van der Waals surface area contributed by atoms with E-state index in [9.17, 15) is 0 Å². The normalized spacial score (nSPS) is 21.2. The number of nitrogens with two attached hydrogens (primary N) is 1. The molecule has 0 bridgehead atoms. The topological polar surface area (TPSA) is 89.2 Å². The summed E-state index contributed by atoms with van der Waals surface area (Å²) < 4.78 is 5.33. The third-order valence-electron chi connectivity index (χ3n) is 3.62. The predicted molar refractivity (Wildman–Crippen MR) is 73.1 cm³/mol. The maximum Gasteiger partial charge on any atom is 0.232 e. The second-order valence-corrected chi connectivity index (χ2v) is 5.19. The van der Waals surface area contributed by atoms with Crippen LogP contribution in [0.5, 0.6) is 0 Å². The van der Waals surface area contributed by atoms with Gasteiger partial charge in [0.15, 0.2) is 0 Å². The van der Waals surface area contributed by atoms with Crippen molar-refractivity contribution < 1.29 is 4.74 Å². The van der Waals surface area contributed by atoms with Crippen molar-refractivity contribution in [2.75, 3.05) is 42.3 Å². The van der Waals surface area contributed by atoms with Crippen LogP contribution in [0.1, 0.15) is 19.8 Å². The highest BCUT2D eigenvalue weighted by Crippen LogP contribution is 2.33. The Morgan fingerprint density at radius 2 is 2.00 bits per heavy atom. The van der Waals surface area contributed by atoms with Crippen LogP contribution in [0, 0.1) is 5.92 Å². The average Bonchev–Trinajstić information content (AvgIpc) is 3.23. The first-order valence-electron chi connectivity index (χ1n) is 6.83. The fourth-order valence-electron chi connectivity index (χ4n) is 2.27. The second-order valence-electron chi connectivity index (χ2n) is 5.19. The zero-order chi connectivity index (χ0) is 13.2. The summed E-state index contributed by atoms with van der Waals surface area (Å²) in [5, 5.41) is 3.32. The summed E-state index contributed by atoms with van der Waals surface area (Å²) in [5.74, 6) is 2.22. The maximum absolute atomic E-state index is 5.77. The Hall–Kier alpha value is -1.63. The van der Waals surface area contributed by atoms with Gasteiger partial charge in [0.2, 0.25) is 17.8 Å². The number of hydrogen-bond donors (Lipinski definition) is 2. The standard InChI is InChI=1S/C12H20N6O/c1-8(9-2-3-9)14-11-15-10(13)16-12(17-11)18-4-6-19-7-5-18/h8-9H,2-7H2,1H3,(H3,13,14,15,16,17). The molecule has 104 valence electrons. The number of ether oxygens (including phenoxy) is 1. The number of rotatable bonds is 4. The average molecular weight is 264 g/mol. The first kappa shape index (κ1) is 12.4. The number of morpholine rings is 1. The Morgan fingerprint density at radius 1 is 1.26 bits per heavy atom. The SMILES string of the molecule is CC(Nc1nc(N)nc(N2CCOCC2)n1)C1CC1. The van der Waals surface area contributed by atoms with Crippen LogP contribution in [0.25, 0.3) is 0 Å². The van der Waals surface area contributed by atoms with E-state index in [0.717, 1.165) is 19.0 Å². The van der Waals surface area contributed by atoms with Crippen LogP contribution >= 0.6 is 0 Å². The van der Waals surface area contributed by atoms with Gasteiger partial charge in [-0.05, 0) is 25.7 Å². The molecule has 2 fully saturated rings. The Morgan fingerprint density at radius 3 is 2.68 bits per heavy atom. The number of aromatic nitrogens is 3. The van der Waals surface area contributed by atoms with Gasteiger partial charge in [-0.2, -0.15) is 15.0 Å². The highest BCUT2D eigenvalue weighted by atomic mass is 16.5. The van der Waals surface area contributed by atoms with Crippen LogP contribution in [0.3, 0.4) is 0 Å². The summed E-state index contributed by atoms with van der Waals surface area (Å²) >= 11 is 0. The first-order chi connectivity index (χ1) is 9.22. The molecule has 1 aromatic heterocycles. The van der Waals surface area contributed by atoms with Crippen LogP contribution in [0.2, 0.25) is 0 Å². The first-order valence-corrected chi connectivity index (χ1v) is 6.83. The van der Waals surface area contributed by atoms with Gasteiger partial charge >= 0.3 is 0 Å². The Labute approximate surface area is 112 Å². The molecule has 0 aromatic carbocycles. The van der Waals surface area contributed by atoms with E-state index < -0.39 is 0 Å². The van der Waals surface area contributed by atoms with E-state index in [1.165, 1.54) is 12.8 Å².